The van der Waals surface area contributed by atoms with Crippen LogP contribution in [0.3, 0.4) is 0 Å². The Morgan fingerprint density at radius 2 is 1.96 bits per heavy atom. The molecule has 6 nitrogen and oxygen atoms in total. The first-order valence-corrected chi connectivity index (χ1v) is 7.58. The smallest absolute Gasteiger partial charge is 0.416 e. The van der Waals surface area contributed by atoms with Crippen molar-refractivity contribution in [2.45, 2.75) is 45.5 Å². The Morgan fingerprint density at radius 3 is 2.52 bits per heavy atom. The zero-order valence-electron chi connectivity index (χ0n) is 13.9. The Balaban J connectivity index is 2.41. The Bertz CT molecular complexity index is 757. The maximum Gasteiger partial charge on any atom is 0.416 e. The van der Waals surface area contributed by atoms with Crippen LogP contribution in [0, 0.1) is 0 Å². The largest absolute Gasteiger partial charge is 0.491 e. The third kappa shape index (κ3) is 4.94. The maximum absolute atomic E-state index is 13.1. The Hall–Kier alpha value is -2.58. The molecule has 9 heteroatoms. The molecule has 1 aromatic carbocycles. The molecule has 2 rings (SSSR count). The fraction of sp³-hybridized carbons (Fsp3) is 0.438. The minimum absolute atomic E-state index is 0.0646. The summed E-state index contributed by atoms with van der Waals surface area (Å²) in [5, 5.41) is 12.9. The second-order valence-electron chi connectivity index (χ2n) is 5.91. The zero-order valence-corrected chi connectivity index (χ0v) is 13.9. The molecule has 136 valence electrons. The van der Waals surface area contributed by atoms with Crippen molar-refractivity contribution >= 4 is 5.97 Å². The third-order valence-corrected chi connectivity index (χ3v) is 3.29. The fourth-order valence-electron chi connectivity index (χ4n) is 2.20. The van der Waals surface area contributed by atoms with Crippen molar-refractivity contribution < 1.29 is 27.8 Å². The number of nitrogens with zero attached hydrogens (tertiary/aromatic N) is 3. The van der Waals surface area contributed by atoms with E-state index < -0.39 is 23.8 Å². The van der Waals surface area contributed by atoms with Crippen molar-refractivity contribution in [2.24, 2.45) is 0 Å². The minimum Gasteiger partial charge on any atom is -0.491 e. The molecule has 1 atom stereocenters. The first-order valence-electron chi connectivity index (χ1n) is 7.58. The number of rotatable bonds is 6. The first-order chi connectivity index (χ1) is 11.6. The van der Waals surface area contributed by atoms with Crippen LogP contribution < -0.4 is 4.74 Å². The van der Waals surface area contributed by atoms with E-state index in [2.05, 4.69) is 10.1 Å². The first kappa shape index (κ1) is 18.8. The van der Waals surface area contributed by atoms with Gasteiger partial charge in [0.25, 0.3) is 0 Å². The molecular weight excluding hydrogens is 339 g/mol. The summed E-state index contributed by atoms with van der Waals surface area (Å²) in [5.74, 6) is -0.872. The SMILES string of the molecule is CC(C)Oc1cc(-c2ncn(C(C)CC(=O)O)n2)cc(C(F)(F)F)c1. The van der Waals surface area contributed by atoms with Crippen LogP contribution in [0.1, 0.15) is 38.8 Å². The summed E-state index contributed by atoms with van der Waals surface area (Å²) in [6, 6.07) is 2.81. The molecule has 1 unspecified atom stereocenters. The zero-order chi connectivity index (χ0) is 18.8. The molecule has 0 aliphatic heterocycles. The van der Waals surface area contributed by atoms with Crippen LogP contribution in [-0.4, -0.2) is 31.9 Å². The molecule has 25 heavy (non-hydrogen) atoms. The molecule has 0 radical (unpaired) electrons. The van der Waals surface area contributed by atoms with Gasteiger partial charge < -0.3 is 9.84 Å². The van der Waals surface area contributed by atoms with Gasteiger partial charge in [-0.25, -0.2) is 9.67 Å². The number of benzene rings is 1. The van der Waals surface area contributed by atoms with Crippen molar-refractivity contribution in [1.29, 1.82) is 0 Å². The van der Waals surface area contributed by atoms with E-state index in [1.807, 2.05) is 0 Å². The second-order valence-corrected chi connectivity index (χ2v) is 5.91. The molecule has 0 fully saturated rings. The molecule has 0 spiro atoms. The van der Waals surface area contributed by atoms with Crippen LogP contribution in [-0.2, 0) is 11.0 Å². The average molecular weight is 357 g/mol. The third-order valence-electron chi connectivity index (χ3n) is 3.29. The van der Waals surface area contributed by atoms with Crippen molar-refractivity contribution in [3.63, 3.8) is 0 Å². The number of carboxylic acids is 1. The fourth-order valence-corrected chi connectivity index (χ4v) is 2.20. The highest BCUT2D eigenvalue weighted by Gasteiger charge is 2.32. The van der Waals surface area contributed by atoms with Crippen molar-refractivity contribution in [1.82, 2.24) is 14.8 Å². The predicted molar refractivity (Wildman–Crippen MR) is 83.2 cm³/mol. The number of aromatic nitrogens is 3. The average Bonchev–Trinajstić information content (AvgIpc) is 2.94. The summed E-state index contributed by atoms with van der Waals surface area (Å²) in [5.41, 5.74) is -0.720. The number of alkyl halides is 3. The molecule has 1 heterocycles. The van der Waals surface area contributed by atoms with Gasteiger partial charge in [0, 0.05) is 5.56 Å². The number of hydrogen-bond acceptors (Lipinski definition) is 4. The molecule has 0 amide bonds. The number of halogens is 3. The van der Waals surface area contributed by atoms with Gasteiger partial charge in [0.2, 0.25) is 0 Å². The van der Waals surface area contributed by atoms with E-state index in [4.69, 9.17) is 9.84 Å². The normalized spacial score (nSPS) is 13.1. The van der Waals surface area contributed by atoms with Gasteiger partial charge in [0.1, 0.15) is 12.1 Å². The highest BCUT2D eigenvalue weighted by molar-refractivity contribution is 5.67. The highest BCUT2D eigenvalue weighted by atomic mass is 19.4. The second kappa shape index (κ2) is 7.12. The van der Waals surface area contributed by atoms with Gasteiger partial charge in [-0.2, -0.15) is 18.3 Å². The molecule has 1 aromatic heterocycles. The number of carboxylic acid groups (broad SMARTS) is 1. The van der Waals surface area contributed by atoms with Gasteiger partial charge in [-0.1, -0.05) is 0 Å². The van der Waals surface area contributed by atoms with E-state index in [9.17, 15) is 18.0 Å². The Labute approximate surface area is 142 Å². The van der Waals surface area contributed by atoms with Gasteiger partial charge in [-0.05, 0) is 39.0 Å². The molecular formula is C16H18F3N3O3. The van der Waals surface area contributed by atoms with E-state index in [0.717, 1.165) is 12.1 Å². The van der Waals surface area contributed by atoms with Crippen LogP contribution in [0.4, 0.5) is 13.2 Å². The van der Waals surface area contributed by atoms with E-state index in [1.165, 1.54) is 17.1 Å². The molecule has 0 saturated heterocycles. The highest BCUT2D eigenvalue weighted by Crippen LogP contribution is 2.35. The molecule has 2 aromatic rings. The topological polar surface area (TPSA) is 77.2 Å². The van der Waals surface area contributed by atoms with E-state index in [-0.39, 0.29) is 29.7 Å². The summed E-state index contributed by atoms with van der Waals surface area (Å²) < 4.78 is 46.0. The lowest BCUT2D eigenvalue weighted by atomic mass is 10.1. The van der Waals surface area contributed by atoms with Gasteiger partial charge in [0.15, 0.2) is 5.82 Å². The van der Waals surface area contributed by atoms with Crippen molar-refractivity contribution in [3.05, 3.63) is 30.1 Å². The summed E-state index contributed by atoms with van der Waals surface area (Å²) in [7, 11) is 0. The van der Waals surface area contributed by atoms with Crippen LogP contribution in [0.15, 0.2) is 24.5 Å². The monoisotopic (exact) mass is 357 g/mol. The standard InChI is InChI=1S/C16H18F3N3O3/c1-9(2)25-13-6-11(5-12(7-13)16(17,18)19)15-20-8-22(21-15)10(3)4-14(23)24/h5-10H,4H2,1-3H3,(H,23,24). The number of aliphatic carboxylic acids is 1. The van der Waals surface area contributed by atoms with Crippen LogP contribution >= 0.6 is 0 Å². The lowest BCUT2D eigenvalue weighted by Gasteiger charge is -2.14. The maximum atomic E-state index is 13.1. The minimum atomic E-state index is -4.54. The molecule has 1 N–H and O–H groups in total. The summed E-state index contributed by atoms with van der Waals surface area (Å²) in [6.07, 6.45) is -3.71. The Morgan fingerprint density at radius 1 is 1.28 bits per heavy atom. The summed E-state index contributed by atoms with van der Waals surface area (Å²) >= 11 is 0. The summed E-state index contributed by atoms with van der Waals surface area (Å²) in [4.78, 5) is 14.8. The molecule has 0 saturated carbocycles. The number of carbonyl (C=O) groups is 1. The predicted octanol–water partition coefficient (Wildman–Crippen LogP) is 3.79. The van der Waals surface area contributed by atoms with Crippen LogP contribution in [0.2, 0.25) is 0 Å². The lowest BCUT2D eigenvalue weighted by Crippen LogP contribution is -2.11. The van der Waals surface area contributed by atoms with E-state index >= 15 is 0 Å². The lowest BCUT2D eigenvalue weighted by molar-refractivity contribution is -0.138. The van der Waals surface area contributed by atoms with E-state index in [1.54, 1.807) is 20.8 Å². The number of ether oxygens (including phenoxy) is 1. The van der Waals surface area contributed by atoms with Crippen molar-refractivity contribution in [2.75, 3.05) is 0 Å². The van der Waals surface area contributed by atoms with Gasteiger partial charge >= 0.3 is 12.1 Å². The molecule has 0 bridgehead atoms. The summed E-state index contributed by atoms with van der Waals surface area (Å²) in [6.45, 7) is 5.05. The van der Waals surface area contributed by atoms with Gasteiger partial charge in [0.05, 0.1) is 24.1 Å². The van der Waals surface area contributed by atoms with Crippen LogP contribution in [0.25, 0.3) is 11.4 Å². The number of hydrogen-bond donors (Lipinski definition) is 1. The quantitative estimate of drug-likeness (QED) is 0.851. The van der Waals surface area contributed by atoms with Crippen molar-refractivity contribution in [3.8, 4) is 17.1 Å². The van der Waals surface area contributed by atoms with Gasteiger partial charge in [-0.15, -0.1) is 0 Å². The van der Waals surface area contributed by atoms with Crippen LogP contribution in [0.5, 0.6) is 5.75 Å². The molecule has 0 aliphatic carbocycles. The van der Waals surface area contributed by atoms with Gasteiger partial charge in [-0.3, -0.25) is 4.79 Å². The van der Waals surface area contributed by atoms with E-state index in [0.29, 0.717) is 0 Å². The Kier molecular flexibility index (Phi) is 5.34. The molecule has 0 aliphatic rings.